The Kier molecular flexibility index (Phi) is 7.61. The predicted octanol–water partition coefficient (Wildman–Crippen LogP) is 16.1. The van der Waals surface area contributed by atoms with Crippen molar-refractivity contribution in [1.29, 1.82) is 0 Å². The van der Waals surface area contributed by atoms with Crippen molar-refractivity contribution in [3.63, 3.8) is 0 Å². The monoisotopic (exact) mass is 747 g/mol. The van der Waals surface area contributed by atoms with Gasteiger partial charge in [-0.05, 0) is 124 Å². The maximum Gasteiger partial charge on any atom is 0.0541 e. The van der Waals surface area contributed by atoms with E-state index in [1.165, 1.54) is 109 Å². The van der Waals surface area contributed by atoms with E-state index in [1.54, 1.807) is 0 Å². The second-order valence-corrected chi connectivity index (χ2v) is 15.6. The van der Waals surface area contributed by atoms with Crippen molar-refractivity contribution in [3.05, 3.63) is 224 Å². The molecular formula is C58H37N. The van der Waals surface area contributed by atoms with Crippen LogP contribution < -0.4 is 0 Å². The van der Waals surface area contributed by atoms with Crippen molar-refractivity contribution < 1.29 is 0 Å². The summed E-state index contributed by atoms with van der Waals surface area (Å²) in [4.78, 5) is 0. The molecule has 0 spiro atoms. The molecule has 12 aromatic rings. The molecule has 1 heteroatoms. The van der Waals surface area contributed by atoms with E-state index in [-0.39, 0.29) is 0 Å². The number of para-hydroxylation sites is 1. The van der Waals surface area contributed by atoms with Gasteiger partial charge in [-0.2, -0.15) is 0 Å². The molecule has 0 aliphatic rings. The number of benzene rings is 11. The lowest BCUT2D eigenvalue weighted by molar-refractivity contribution is 1.18. The molecule has 0 unspecified atom stereocenters. The average Bonchev–Trinajstić information content (AvgIpc) is 3.64. The third-order valence-electron chi connectivity index (χ3n) is 12.4. The molecule has 59 heavy (non-hydrogen) atoms. The van der Waals surface area contributed by atoms with Crippen molar-refractivity contribution in [3.8, 4) is 50.2 Å². The zero-order valence-electron chi connectivity index (χ0n) is 32.3. The summed E-state index contributed by atoms with van der Waals surface area (Å²) in [6.45, 7) is 0. The lowest BCUT2D eigenvalue weighted by Crippen LogP contribution is -1.95. The lowest BCUT2D eigenvalue weighted by atomic mass is 9.85. The lowest BCUT2D eigenvalue weighted by Gasteiger charge is -2.18. The largest absolute Gasteiger partial charge is 0.309 e. The first-order valence-corrected chi connectivity index (χ1v) is 20.4. The van der Waals surface area contributed by atoms with Gasteiger partial charge < -0.3 is 4.57 Å². The van der Waals surface area contributed by atoms with E-state index in [2.05, 4.69) is 229 Å². The zero-order chi connectivity index (χ0) is 38.9. The highest BCUT2D eigenvalue weighted by Crippen LogP contribution is 2.45. The second-order valence-electron chi connectivity index (χ2n) is 15.6. The fraction of sp³-hybridized carbons (Fsp3) is 0. The Labute approximate surface area is 342 Å². The molecule has 0 aliphatic carbocycles. The van der Waals surface area contributed by atoms with Gasteiger partial charge in [0.25, 0.3) is 0 Å². The van der Waals surface area contributed by atoms with Crippen LogP contribution in [0.4, 0.5) is 0 Å². The number of hydrogen-bond acceptors (Lipinski definition) is 0. The number of aromatic nitrogens is 1. The summed E-state index contributed by atoms with van der Waals surface area (Å²) in [6.07, 6.45) is 0. The van der Waals surface area contributed by atoms with E-state index in [1.807, 2.05) is 0 Å². The molecule has 1 aromatic heterocycles. The molecule has 0 saturated heterocycles. The Morgan fingerprint density at radius 1 is 0.237 bits per heavy atom. The highest BCUT2D eigenvalue weighted by atomic mass is 15.0. The van der Waals surface area contributed by atoms with E-state index in [0.717, 1.165) is 5.69 Å². The van der Waals surface area contributed by atoms with Crippen LogP contribution in [0.3, 0.4) is 0 Å². The van der Waals surface area contributed by atoms with Crippen molar-refractivity contribution in [2.75, 3.05) is 0 Å². The maximum absolute atomic E-state index is 2.42. The molecule has 274 valence electrons. The smallest absolute Gasteiger partial charge is 0.0541 e. The predicted molar refractivity (Wildman–Crippen MR) is 253 cm³/mol. The second kappa shape index (κ2) is 13.4. The molecule has 1 nitrogen and oxygen atoms in total. The van der Waals surface area contributed by atoms with Crippen LogP contribution in [0.1, 0.15) is 0 Å². The van der Waals surface area contributed by atoms with Crippen LogP contribution >= 0.6 is 0 Å². The minimum absolute atomic E-state index is 1.15. The first kappa shape index (κ1) is 33.4. The van der Waals surface area contributed by atoms with Crippen LogP contribution in [0.5, 0.6) is 0 Å². The van der Waals surface area contributed by atoms with Crippen LogP contribution in [-0.2, 0) is 0 Å². The molecule has 0 radical (unpaired) electrons. The molecule has 12 rings (SSSR count). The number of fused-ring (bicyclic) bond motifs is 7. The van der Waals surface area contributed by atoms with Crippen LogP contribution in [0.15, 0.2) is 224 Å². The van der Waals surface area contributed by atoms with Gasteiger partial charge in [0.1, 0.15) is 0 Å². The Balaban J connectivity index is 0.970. The Morgan fingerprint density at radius 2 is 0.695 bits per heavy atom. The van der Waals surface area contributed by atoms with Gasteiger partial charge in [-0.3, -0.25) is 0 Å². The summed E-state index contributed by atoms with van der Waals surface area (Å²) in [7, 11) is 0. The molecule has 0 atom stereocenters. The van der Waals surface area contributed by atoms with E-state index < -0.39 is 0 Å². The molecule has 0 bridgehead atoms. The first-order valence-electron chi connectivity index (χ1n) is 20.4. The third-order valence-corrected chi connectivity index (χ3v) is 12.4. The molecule has 11 aromatic carbocycles. The van der Waals surface area contributed by atoms with E-state index >= 15 is 0 Å². The van der Waals surface area contributed by atoms with Gasteiger partial charge in [-0.1, -0.05) is 188 Å². The molecule has 0 amide bonds. The highest BCUT2D eigenvalue weighted by Gasteiger charge is 2.18. The van der Waals surface area contributed by atoms with Gasteiger partial charge in [0, 0.05) is 16.5 Å². The summed E-state index contributed by atoms with van der Waals surface area (Å²) < 4.78 is 2.42. The van der Waals surface area contributed by atoms with Crippen LogP contribution in [0, 0.1) is 0 Å². The van der Waals surface area contributed by atoms with E-state index in [4.69, 9.17) is 0 Å². The Morgan fingerprint density at radius 3 is 1.37 bits per heavy atom. The minimum atomic E-state index is 1.15. The quantitative estimate of drug-likeness (QED) is 0.155. The van der Waals surface area contributed by atoms with Crippen molar-refractivity contribution >= 4 is 64.9 Å². The molecule has 1 heterocycles. The zero-order valence-corrected chi connectivity index (χ0v) is 32.3. The first-order chi connectivity index (χ1) is 29.3. The van der Waals surface area contributed by atoms with Crippen LogP contribution in [0.25, 0.3) is 115 Å². The highest BCUT2D eigenvalue weighted by molar-refractivity contribution is 6.21. The number of hydrogen-bond donors (Lipinski definition) is 0. The number of rotatable bonds is 5. The van der Waals surface area contributed by atoms with Gasteiger partial charge in [0.2, 0.25) is 0 Å². The molecule has 0 N–H and O–H groups in total. The minimum Gasteiger partial charge on any atom is -0.309 e. The molecule has 0 aliphatic heterocycles. The molecule has 0 saturated carbocycles. The van der Waals surface area contributed by atoms with Gasteiger partial charge in [0.15, 0.2) is 0 Å². The summed E-state index contributed by atoms with van der Waals surface area (Å²) in [5, 5.41) is 12.6. The van der Waals surface area contributed by atoms with Crippen molar-refractivity contribution in [1.82, 2.24) is 4.57 Å². The normalized spacial score (nSPS) is 11.7. The topological polar surface area (TPSA) is 4.93 Å². The van der Waals surface area contributed by atoms with Gasteiger partial charge in [-0.25, -0.2) is 0 Å². The van der Waals surface area contributed by atoms with Crippen LogP contribution in [0.2, 0.25) is 0 Å². The fourth-order valence-corrected chi connectivity index (χ4v) is 9.62. The average molecular weight is 748 g/mol. The third kappa shape index (κ3) is 5.40. The molecule has 0 fully saturated rings. The fourth-order valence-electron chi connectivity index (χ4n) is 9.62. The Hall–Kier alpha value is -7.74. The SMILES string of the molecule is c1ccc2cc(-c3ccc4c(c3)c3ccccc3n4-c3ccc(-c4c5ccccc5c(-c5ccc(-c6cccc7ccccc67)cc5)c5ccccc45)cc3)ccc2c1. The van der Waals surface area contributed by atoms with Gasteiger partial charge in [0.05, 0.1) is 11.0 Å². The number of nitrogens with zero attached hydrogens (tertiary/aromatic N) is 1. The van der Waals surface area contributed by atoms with E-state index in [0.29, 0.717) is 0 Å². The maximum atomic E-state index is 2.42. The van der Waals surface area contributed by atoms with E-state index in [9.17, 15) is 0 Å². The standard InChI is InChI=1S/C58H37N/c1-2-14-43-36-44(29-24-38(43)12-1)45-32-35-56-54(37-45)49-17-9-10-23-55(49)59(56)46-33-30-42(31-34-46)58-52-20-7-5-18-50(52)57(51-19-6-8-21-53(51)58)41-27-25-40(26-28-41)48-22-11-15-39-13-3-4-16-47(39)48/h1-37H. The summed E-state index contributed by atoms with van der Waals surface area (Å²) >= 11 is 0. The molecular weight excluding hydrogens is 711 g/mol. The van der Waals surface area contributed by atoms with Crippen molar-refractivity contribution in [2.45, 2.75) is 0 Å². The van der Waals surface area contributed by atoms with Gasteiger partial charge >= 0.3 is 0 Å². The summed E-state index contributed by atoms with van der Waals surface area (Å²) in [5.41, 5.74) is 13.5. The summed E-state index contributed by atoms with van der Waals surface area (Å²) in [5.74, 6) is 0. The summed E-state index contributed by atoms with van der Waals surface area (Å²) in [6, 6.07) is 82.5. The van der Waals surface area contributed by atoms with Gasteiger partial charge in [-0.15, -0.1) is 0 Å². The van der Waals surface area contributed by atoms with Crippen LogP contribution in [-0.4, -0.2) is 4.57 Å². The van der Waals surface area contributed by atoms with Crippen molar-refractivity contribution in [2.24, 2.45) is 0 Å². The Bertz CT molecular complexity index is 3530.